The number of methoxy groups -OCH3 is 2. The van der Waals surface area contributed by atoms with Crippen LogP contribution in [0.3, 0.4) is 0 Å². The van der Waals surface area contributed by atoms with Crippen molar-refractivity contribution in [3.8, 4) is 23.0 Å². The fourth-order valence-corrected chi connectivity index (χ4v) is 4.28. The number of likely N-dealkylation sites (tertiary alicyclic amines) is 1. The Morgan fingerprint density at radius 2 is 1.91 bits per heavy atom. The SMILES string of the molecule is CCOc1cc(CN(C)CC(=O)N2CCCC2c2ccc(OC)cc2OC)ccc1OC(F)F. The quantitative estimate of drug-likeness (QED) is 0.474. The predicted octanol–water partition coefficient (Wildman–Crippen LogP) is 4.50. The number of carbonyl (C=O) groups is 1. The number of amides is 1. The molecule has 0 bridgehead atoms. The van der Waals surface area contributed by atoms with Gasteiger partial charge in [0.1, 0.15) is 11.5 Å². The zero-order valence-corrected chi connectivity index (χ0v) is 20.1. The van der Waals surface area contributed by atoms with Gasteiger partial charge in [-0.25, -0.2) is 0 Å². The van der Waals surface area contributed by atoms with Gasteiger partial charge in [-0.1, -0.05) is 6.07 Å². The van der Waals surface area contributed by atoms with Crippen molar-refractivity contribution in [1.29, 1.82) is 0 Å². The summed E-state index contributed by atoms with van der Waals surface area (Å²) in [5.74, 6) is 1.67. The van der Waals surface area contributed by atoms with E-state index in [0.29, 0.717) is 31.2 Å². The van der Waals surface area contributed by atoms with Crippen LogP contribution in [0, 0.1) is 0 Å². The maximum atomic E-state index is 13.2. The molecule has 1 amide bonds. The smallest absolute Gasteiger partial charge is 0.387 e. The summed E-state index contributed by atoms with van der Waals surface area (Å²) in [6.45, 7) is 0.513. The molecule has 1 atom stereocenters. The first-order valence-corrected chi connectivity index (χ1v) is 11.3. The Balaban J connectivity index is 1.68. The van der Waals surface area contributed by atoms with Crippen LogP contribution in [0.2, 0.25) is 0 Å². The van der Waals surface area contributed by atoms with E-state index in [9.17, 15) is 13.6 Å². The molecule has 0 aliphatic carbocycles. The van der Waals surface area contributed by atoms with Gasteiger partial charge in [-0.2, -0.15) is 8.78 Å². The lowest BCUT2D eigenvalue weighted by atomic mass is 10.0. The number of hydrogen-bond acceptors (Lipinski definition) is 6. The van der Waals surface area contributed by atoms with Crippen molar-refractivity contribution in [1.82, 2.24) is 9.80 Å². The lowest BCUT2D eigenvalue weighted by Crippen LogP contribution is -2.38. The Labute approximate surface area is 199 Å². The summed E-state index contributed by atoms with van der Waals surface area (Å²) in [7, 11) is 5.06. The van der Waals surface area contributed by atoms with Crippen molar-refractivity contribution in [3.63, 3.8) is 0 Å². The number of rotatable bonds is 11. The molecule has 0 radical (unpaired) electrons. The summed E-state index contributed by atoms with van der Waals surface area (Å²) in [6.07, 6.45) is 1.78. The van der Waals surface area contributed by atoms with E-state index in [1.54, 1.807) is 33.3 Å². The van der Waals surface area contributed by atoms with E-state index < -0.39 is 6.61 Å². The normalized spacial score (nSPS) is 15.6. The molecule has 0 saturated carbocycles. The van der Waals surface area contributed by atoms with Crippen LogP contribution in [0.1, 0.15) is 36.9 Å². The van der Waals surface area contributed by atoms with Crippen molar-refractivity contribution in [2.24, 2.45) is 0 Å². The van der Waals surface area contributed by atoms with E-state index in [1.807, 2.05) is 35.0 Å². The molecular weight excluding hydrogens is 446 g/mol. The number of halogens is 2. The van der Waals surface area contributed by atoms with Gasteiger partial charge in [0, 0.05) is 24.7 Å². The Bertz CT molecular complexity index is 972. The lowest BCUT2D eigenvalue weighted by Gasteiger charge is -2.28. The fourth-order valence-electron chi connectivity index (χ4n) is 4.28. The van der Waals surface area contributed by atoms with Crippen molar-refractivity contribution >= 4 is 5.91 Å². The molecule has 186 valence electrons. The molecule has 0 N–H and O–H groups in total. The summed E-state index contributed by atoms with van der Waals surface area (Å²) in [5.41, 5.74) is 1.79. The van der Waals surface area contributed by atoms with E-state index >= 15 is 0 Å². The molecule has 2 aromatic rings. The highest BCUT2D eigenvalue weighted by Gasteiger charge is 2.32. The molecule has 1 aliphatic rings. The molecule has 2 aromatic carbocycles. The molecule has 1 heterocycles. The third-order valence-corrected chi connectivity index (χ3v) is 5.75. The zero-order chi connectivity index (χ0) is 24.7. The molecule has 1 fully saturated rings. The second-order valence-electron chi connectivity index (χ2n) is 8.12. The van der Waals surface area contributed by atoms with Gasteiger partial charge in [0.05, 0.1) is 33.4 Å². The van der Waals surface area contributed by atoms with E-state index in [4.69, 9.17) is 14.2 Å². The van der Waals surface area contributed by atoms with Gasteiger partial charge in [-0.15, -0.1) is 0 Å². The molecule has 3 rings (SSSR count). The van der Waals surface area contributed by atoms with E-state index in [-0.39, 0.29) is 30.0 Å². The topological polar surface area (TPSA) is 60.5 Å². The average molecular weight is 479 g/mol. The van der Waals surface area contributed by atoms with Gasteiger partial charge in [0.25, 0.3) is 0 Å². The van der Waals surface area contributed by atoms with Gasteiger partial charge in [-0.05, 0) is 56.6 Å². The maximum Gasteiger partial charge on any atom is 0.387 e. The van der Waals surface area contributed by atoms with Crippen LogP contribution in [0.25, 0.3) is 0 Å². The zero-order valence-electron chi connectivity index (χ0n) is 20.1. The molecule has 1 saturated heterocycles. The summed E-state index contributed by atoms with van der Waals surface area (Å²) < 4.78 is 46.1. The van der Waals surface area contributed by atoms with Crippen molar-refractivity contribution in [2.75, 3.05) is 41.0 Å². The average Bonchev–Trinajstić information content (AvgIpc) is 3.30. The van der Waals surface area contributed by atoms with Crippen LogP contribution in [0.4, 0.5) is 8.78 Å². The highest BCUT2D eigenvalue weighted by Crippen LogP contribution is 2.39. The first-order chi connectivity index (χ1) is 16.4. The van der Waals surface area contributed by atoms with Crippen LogP contribution in [0.15, 0.2) is 36.4 Å². The molecule has 0 aromatic heterocycles. The van der Waals surface area contributed by atoms with E-state index in [2.05, 4.69) is 4.74 Å². The summed E-state index contributed by atoms with van der Waals surface area (Å²) >= 11 is 0. The minimum atomic E-state index is -2.93. The number of alkyl halides is 2. The Hall–Kier alpha value is -3.07. The number of carbonyl (C=O) groups excluding carboxylic acids is 1. The predicted molar refractivity (Wildman–Crippen MR) is 124 cm³/mol. The Morgan fingerprint density at radius 1 is 1.12 bits per heavy atom. The van der Waals surface area contributed by atoms with Crippen LogP contribution in [-0.2, 0) is 11.3 Å². The number of benzene rings is 2. The van der Waals surface area contributed by atoms with Crippen LogP contribution < -0.4 is 18.9 Å². The van der Waals surface area contributed by atoms with Gasteiger partial charge >= 0.3 is 6.61 Å². The molecule has 7 nitrogen and oxygen atoms in total. The Morgan fingerprint density at radius 3 is 2.59 bits per heavy atom. The highest BCUT2D eigenvalue weighted by atomic mass is 19.3. The monoisotopic (exact) mass is 478 g/mol. The minimum Gasteiger partial charge on any atom is -0.497 e. The Kier molecular flexibility index (Phi) is 8.92. The van der Waals surface area contributed by atoms with Crippen LogP contribution in [0.5, 0.6) is 23.0 Å². The second-order valence-corrected chi connectivity index (χ2v) is 8.12. The number of likely N-dealkylation sites (N-methyl/N-ethyl adjacent to an activating group) is 1. The highest BCUT2D eigenvalue weighted by molar-refractivity contribution is 5.79. The largest absolute Gasteiger partial charge is 0.497 e. The maximum absolute atomic E-state index is 13.2. The van der Waals surface area contributed by atoms with Crippen molar-refractivity contribution < 1.29 is 32.5 Å². The summed E-state index contributed by atoms with van der Waals surface area (Å²) in [5, 5.41) is 0. The second kappa shape index (κ2) is 11.9. The molecule has 1 aliphatic heterocycles. The van der Waals surface area contributed by atoms with E-state index in [1.165, 1.54) is 6.07 Å². The molecule has 9 heteroatoms. The number of hydrogen-bond donors (Lipinski definition) is 0. The molecule has 0 spiro atoms. The minimum absolute atomic E-state index is 0.00678. The third-order valence-electron chi connectivity index (χ3n) is 5.75. The third kappa shape index (κ3) is 6.28. The summed E-state index contributed by atoms with van der Waals surface area (Å²) in [6, 6.07) is 10.4. The number of nitrogens with zero attached hydrogens (tertiary/aromatic N) is 2. The molecule has 34 heavy (non-hydrogen) atoms. The van der Waals surface area contributed by atoms with Gasteiger partial charge in [0.2, 0.25) is 5.91 Å². The van der Waals surface area contributed by atoms with Crippen LogP contribution >= 0.6 is 0 Å². The van der Waals surface area contributed by atoms with Gasteiger partial charge < -0.3 is 23.8 Å². The first-order valence-electron chi connectivity index (χ1n) is 11.3. The standard InChI is InChI=1S/C25H32F2N2O5/c1-5-33-23-13-17(8-11-21(23)34-25(26)27)15-28(2)16-24(30)29-12-6-7-20(29)19-10-9-18(31-3)14-22(19)32-4/h8-11,13-14,20,25H,5-7,12,15-16H2,1-4H3. The number of ether oxygens (including phenoxy) is 4. The molecular formula is C25H32F2N2O5. The van der Waals surface area contributed by atoms with Crippen LogP contribution in [-0.4, -0.2) is 63.3 Å². The summed E-state index contributed by atoms with van der Waals surface area (Å²) in [4.78, 5) is 17.0. The van der Waals surface area contributed by atoms with Gasteiger partial charge in [0.15, 0.2) is 11.5 Å². The van der Waals surface area contributed by atoms with Crippen molar-refractivity contribution in [3.05, 3.63) is 47.5 Å². The fraction of sp³-hybridized carbons (Fsp3) is 0.480. The van der Waals surface area contributed by atoms with Crippen molar-refractivity contribution in [2.45, 2.75) is 39.0 Å². The molecule has 1 unspecified atom stereocenters. The first kappa shape index (κ1) is 25.6. The van der Waals surface area contributed by atoms with Gasteiger partial charge in [-0.3, -0.25) is 9.69 Å². The lowest BCUT2D eigenvalue weighted by molar-refractivity contribution is -0.133. The van der Waals surface area contributed by atoms with E-state index in [0.717, 1.165) is 24.0 Å².